The topological polar surface area (TPSA) is 59.4 Å². The highest BCUT2D eigenvalue weighted by atomic mass is 16.6. The molecule has 23 heavy (non-hydrogen) atoms. The molecule has 6 nitrogen and oxygen atoms in total. The molecule has 1 aromatic rings. The van der Waals surface area contributed by atoms with Crippen LogP contribution in [0.3, 0.4) is 0 Å². The second-order valence-electron chi connectivity index (χ2n) is 7.38. The van der Waals surface area contributed by atoms with Crippen LogP contribution in [0.1, 0.15) is 58.8 Å². The number of likely N-dealkylation sites (tertiary alicyclic amines) is 1. The molecule has 1 fully saturated rings. The van der Waals surface area contributed by atoms with Crippen LogP contribution < -0.4 is 5.32 Å². The molecule has 0 aromatic carbocycles. The van der Waals surface area contributed by atoms with Gasteiger partial charge < -0.3 is 19.5 Å². The molecule has 1 aromatic heterocycles. The Bertz CT molecular complexity index is 521. The normalized spacial score (nSPS) is 20.9. The van der Waals surface area contributed by atoms with Crippen LogP contribution in [0.5, 0.6) is 0 Å². The molecule has 1 amide bonds. The summed E-state index contributed by atoms with van der Waals surface area (Å²) in [6.07, 6.45) is 6.58. The van der Waals surface area contributed by atoms with Crippen molar-refractivity contribution in [2.24, 2.45) is 7.05 Å². The van der Waals surface area contributed by atoms with Gasteiger partial charge in [0.05, 0.1) is 6.04 Å². The standard InChI is InChI=1S/C17H30N4O2/c1-13(15-18-9-12-20(15)5)19-14-7-6-10-21(11-8-14)16(22)23-17(2,3)4/h9,12-14,19H,6-8,10-11H2,1-5H3. The predicted octanol–water partition coefficient (Wildman–Crippen LogP) is 2.86. The minimum Gasteiger partial charge on any atom is -0.444 e. The molecule has 0 saturated carbocycles. The van der Waals surface area contributed by atoms with E-state index in [1.54, 1.807) is 0 Å². The van der Waals surface area contributed by atoms with E-state index in [2.05, 4.69) is 17.2 Å². The van der Waals surface area contributed by atoms with E-state index in [-0.39, 0.29) is 12.1 Å². The van der Waals surface area contributed by atoms with Crippen LogP contribution in [0, 0.1) is 0 Å². The van der Waals surface area contributed by atoms with Gasteiger partial charge in [0.15, 0.2) is 0 Å². The first-order chi connectivity index (χ1) is 10.8. The quantitative estimate of drug-likeness (QED) is 0.929. The van der Waals surface area contributed by atoms with E-state index >= 15 is 0 Å². The molecule has 2 unspecified atom stereocenters. The van der Waals surface area contributed by atoms with Gasteiger partial charge in [0, 0.05) is 38.6 Å². The van der Waals surface area contributed by atoms with E-state index in [0.29, 0.717) is 6.04 Å². The fourth-order valence-corrected chi connectivity index (χ4v) is 2.99. The summed E-state index contributed by atoms with van der Waals surface area (Å²) in [5.41, 5.74) is -0.437. The van der Waals surface area contributed by atoms with Gasteiger partial charge >= 0.3 is 6.09 Å². The highest BCUT2D eigenvalue weighted by Crippen LogP contribution is 2.18. The Labute approximate surface area is 139 Å². The average molecular weight is 322 g/mol. The summed E-state index contributed by atoms with van der Waals surface area (Å²) in [5.74, 6) is 1.04. The SMILES string of the molecule is CC(NC1CCCN(C(=O)OC(C)(C)C)CC1)c1nccn1C. The van der Waals surface area contributed by atoms with Crippen LogP contribution >= 0.6 is 0 Å². The third kappa shape index (κ3) is 5.23. The lowest BCUT2D eigenvalue weighted by Gasteiger charge is -2.26. The molecule has 0 aliphatic carbocycles. The summed E-state index contributed by atoms with van der Waals surface area (Å²) in [6, 6.07) is 0.599. The molecule has 0 radical (unpaired) electrons. The van der Waals surface area contributed by atoms with Gasteiger partial charge in [-0.05, 0) is 47.0 Å². The number of carbonyl (C=O) groups excluding carboxylic acids is 1. The van der Waals surface area contributed by atoms with Crippen molar-refractivity contribution in [3.63, 3.8) is 0 Å². The second kappa shape index (κ2) is 7.34. The van der Waals surface area contributed by atoms with Crippen molar-refractivity contribution in [1.29, 1.82) is 0 Å². The van der Waals surface area contributed by atoms with Gasteiger partial charge in [0.1, 0.15) is 11.4 Å². The lowest BCUT2D eigenvalue weighted by atomic mass is 10.1. The summed E-state index contributed by atoms with van der Waals surface area (Å²) in [7, 11) is 2.01. The number of nitrogens with one attached hydrogen (secondary N) is 1. The molecule has 1 N–H and O–H groups in total. The van der Waals surface area contributed by atoms with Gasteiger partial charge in [-0.25, -0.2) is 9.78 Å². The molecule has 130 valence electrons. The van der Waals surface area contributed by atoms with Gasteiger partial charge in [-0.3, -0.25) is 0 Å². The molecule has 2 rings (SSSR count). The number of hydrogen-bond acceptors (Lipinski definition) is 4. The number of aromatic nitrogens is 2. The Morgan fingerprint density at radius 1 is 1.39 bits per heavy atom. The molecular formula is C17H30N4O2. The molecule has 1 saturated heterocycles. The lowest BCUT2D eigenvalue weighted by molar-refractivity contribution is 0.0256. The average Bonchev–Trinajstić information content (AvgIpc) is 2.72. The number of nitrogens with zero attached hydrogens (tertiary/aromatic N) is 3. The van der Waals surface area contributed by atoms with Crippen LogP contribution in [0.15, 0.2) is 12.4 Å². The van der Waals surface area contributed by atoms with Crippen LogP contribution in [0.25, 0.3) is 0 Å². The Morgan fingerprint density at radius 3 is 2.74 bits per heavy atom. The van der Waals surface area contributed by atoms with E-state index in [1.807, 2.05) is 49.7 Å². The second-order valence-corrected chi connectivity index (χ2v) is 7.38. The van der Waals surface area contributed by atoms with E-state index in [0.717, 1.165) is 38.2 Å². The summed E-state index contributed by atoms with van der Waals surface area (Å²) >= 11 is 0. The van der Waals surface area contributed by atoms with Crippen molar-refractivity contribution in [2.75, 3.05) is 13.1 Å². The smallest absolute Gasteiger partial charge is 0.410 e. The van der Waals surface area contributed by atoms with Crippen molar-refractivity contribution in [3.05, 3.63) is 18.2 Å². The maximum Gasteiger partial charge on any atom is 0.410 e. The van der Waals surface area contributed by atoms with Crippen LogP contribution in [0.4, 0.5) is 4.79 Å². The molecular weight excluding hydrogens is 292 g/mol. The third-order valence-electron chi connectivity index (χ3n) is 4.11. The zero-order chi connectivity index (χ0) is 17.0. The van der Waals surface area contributed by atoms with E-state index < -0.39 is 5.60 Å². The van der Waals surface area contributed by atoms with Gasteiger partial charge in [-0.2, -0.15) is 0 Å². The van der Waals surface area contributed by atoms with Gasteiger partial charge in [-0.15, -0.1) is 0 Å². The van der Waals surface area contributed by atoms with Crippen molar-refractivity contribution in [1.82, 2.24) is 19.8 Å². The van der Waals surface area contributed by atoms with Crippen LogP contribution in [-0.2, 0) is 11.8 Å². The summed E-state index contributed by atoms with van der Waals surface area (Å²) in [5, 5.41) is 3.65. The minimum atomic E-state index is -0.437. The molecule has 1 aliphatic heterocycles. The fraction of sp³-hybridized carbons (Fsp3) is 0.765. The Hall–Kier alpha value is -1.56. The van der Waals surface area contributed by atoms with Gasteiger partial charge in [-0.1, -0.05) is 0 Å². The third-order valence-corrected chi connectivity index (χ3v) is 4.11. The maximum absolute atomic E-state index is 12.2. The van der Waals surface area contributed by atoms with Crippen molar-refractivity contribution in [2.45, 2.75) is 64.6 Å². The number of amides is 1. The Kier molecular flexibility index (Phi) is 5.68. The summed E-state index contributed by atoms with van der Waals surface area (Å²) in [6.45, 7) is 9.35. The highest BCUT2D eigenvalue weighted by molar-refractivity contribution is 5.68. The first kappa shape index (κ1) is 17.8. The number of hydrogen-bond donors (Lipinski definition) is 1. The van der Waals surface area contributed by atoms with E-state index in [9.17, 15) is 4.79 Å². The van der Waals surface area contributed by atoms with Crippen LogP contribution in [0.2, 0.25) is 0 Å². The summed E-state index contributed by atoms with van der Waals surface area (Å²) in [4.78, 5) is 18.4. The zero-order valence-corrected chi connectivity index (χ0v) is 15.0. The van der Waals surface area contributed by atoms with Crippen molar-refractivity contribution >= 4 is 6.09 Å². The molecule has 0 spiro atoms. The van der Waals surface area contributed by atoms with Gasteiger partial charge in [0.2, 0.25) is 0 Å². The first-order valence-electron chi connectivity index (χ1n) is 8.47. The fourth-order valence-electron chi connectivity index (χ4n) is 2.99. The maximum atomic E-state index is 12.2. The number of ether oxygens (including phenoxy) is 1. The molecule has 2 heterocycles. The Balaban J connectivity index is 1.86. The number of aryl methyl sites for hydroxylation is 1. The first-order valence-corrected chi connectivity index (χ1v) is 8.47. The predicted molar refractivity (Wildman–Crippen MR) is 90.2 cm³/mol. The molecule has 6 heteroatoms. The molecule has 2 atom stereocenters. The molecule has 1 aliphatic rings. The minimum absolute atomic E-state index is 0.199. The van der Waals surface area contributed by atoms with Gasteiger partial charge in [0.25, 0.3) is 0 Å². The number of imidazole rings is 1. The Morgan fingerprint density at radius 2 is 2.13 bits per heavy atom. The van der Waals surface area contributed by atoms with E-state index in [4.69, 9.17) is 4.74 Å². The summed E-state index contributed by atoms with van der Waals surface area (Å²) < 4.78 is 7.52. The molecule has 0 bridgehead atoms. The number of rotatable bonds is 3. The van der Waals surface area contributed by atoms with Crippen molar-refractivity contribution < 1.29 is 9.53 Å². The van der Waals surface area contributed by atoms with E-state index in [1.165, 1.54) is 0 Å². The lowest BCUT2D eigenvalue weighted by Crippen LogP contribution is -2.38. The largest absolute Gasteiger partial charge is 0.444 e. The van der Waals surface area contributed by atoms with Crippen LogP contribution in [-0.4, -0.2) is 45.3 Å². The zero-order valence-electron chi connectivity index (χ0n) is 15.0. The monoisotopic (exact) mass is 322 g/mol. The number of carbonyl (C=O) groups is 1. The highest BCUT2D eigenvalue weighted by Gasteiger charge is 2.26. The van der Waals surface area contributed by atoms with Crippen molar-refractivity contribution in [3.8, 4) is 0 Å².